The molecule has 2 amide bonds. The number of hydrogen-bond acceptors (Lipinski definition) is 4. The summed E-state index contributed by atoms with van der Waals surface area (Å²) in [6.45, 7) is 0.742. The molecule has 2 rings (SSSR count). The average Bonchev–Trinajstić information content (AvgIpc) is 2.58. The maximum atomic E-state index is 11.9. The van der Waals surface area contributed by atoms with Crippen LogP contribution in [0.25, 0.3) is 0 Å². The van der Waals surface area contributed by atoms with Crippen LogP contribution in [0, 0.1) is 0 Å². The zero-order chi connectivity index (χ0) is 17.5. The number of esters is 1. The molecule has 0 saturated carbocycles. The van der Waals surface area contributed by atoms with Crippen molar-refractivity contribution in [1.82, 2.24) is 10.2 Å². The van der Waals surface area contributed by atoms with E-state index in [0.717, 1.165) is 19.3 Å². The number of hydrogen-bond donors (Lipinski definition) is 1. The van der Waals surface area contributed by atoms with Crippen LogP contribution in [-0.2, 0) is 14.3 Å². The van der Waals surface area contributed by atoms with Gasteiger partial charge in [0.1, 0.15) is 6.54 Å². The van der Waals surface area contributed by atoms with Gasteiger partial charge in [-0.25, -0.2) is 0 Å². The van der Waals surface area contributed by atoms with Gasteiger partial charge in [0.2, 0.25) is 0 Å². The van der Waals surface area contributed by atoms with Gasteiger partial charge in [-0.05, 0) is 37.5 Å². The second kappa shape index (κ2) is 8.89. The maximum absolute atomic E-state index is 11.9. The van der Waals surface area contributed by atoms with E-state index in [1.165, 1.54) is 18.2 Å². The lowest BCUT2D eigenvalue weighted by atomic mass is 10.1. The molecule has 130 valence electrons. The standard InChI is InChI=1S/C16H18Cl2N2O4/c17-11-4-5-12(13(18)8-11)16(23)19-9-15(22)24-10-14(21)20-6-2-1-3-7-20/h4-5,8H,1-3,6-7,9-10H2,(H,19,23). The zero-order valence-electron chi connectivity index (χ0n) is 13.0. The summed E-state index contributed by atoms with van der Waals surface area (Å²) in [5.41, 5.74) is 0.207. The predicted octanol–water partition coefficient (Wildman–Crippen LogP) is 2.28. The number of ether oxygens (including phenoxy) is 1. The number of nitrogens with one attached hydrogen (secondary N) is 1. The molecule has 1 fully saturated rings. The number of likely N-dealkylation sites (tertiary alicyclic amines) is 1. The van der Waals surface area contributed by atoms with Crippen LogP contribution >= 0.6 is 23.2 Å². The van der Waals surface area contributed by atoms with E-state index in [1.54, 1.807) is 4.90 Å². The molecular weight excluding hydrogens is 355 g/mol. The van der Waals surface area contributed by atoms with Gasteiger partial charge in [0.15, 0.2) is 6.61 Å². The van der Waals surface area contributed by atoms with Crippen molar-refractivity contribution in [2.75, 3.05) is 26.2 Å². The van der Waals surface area contributed by atoms with Crippen molar-refractivity contribution in [3.8, 4) is 0 Å². The van der Waals surface area contributed by atoms with Crippen LogP contribution in [0.2, 0.25) is 10.0 Å². The smallest absolute Gasteiger partial charge is 0.325 e. The largest absolute Gasteiger partial charge is 0.454 e. The van der Waals surface area contributed by atoms with Gasteiger partial charge >= 0.3 is 5.97 Å². The van der Waals surface area contributed by atoms with Gasteiger partial charge in [0, 0.05) is 18.1 Å². The van der Waals surface area contributed by atoms with Crippen LogP contribution < -0.4 is 5.32 Å². The monoisotopic (exact) mass is 372 g/mol. The maximum Gasteiger partial charge on any atom is 0.325 e. The lowest BCUT2D eigenvalue weighted by Crippen LogP contribution is -2.39. The molecule has 0 atom stereocenters. The minimum Gasteiger partial charge on any atom is -0.454 e. The van der Waals surface area contributed by atoms with Crippen LogP contribution in [0.4, 0.5) is 0 Å². The average molecular weight is 373 g/mol. The Labute approximate surface area is 150 Å². The molecular formula is C16H18Cl2N2O4. The fourth-order valence-electron chi connectivity index (χ4n) is 2.35. The number of piperidine rings is 1. The van der Waals surface area contributed by atoms with Crippen molar-refractivity contribution < 1.29 is 19.1 Å². The molecule has 1 aromatic carbocycles. The van der Waals surface area contributed by atoms with Crippen LogP contribution in [-0.4, -0.2) is 48.9 Å². The predicted molar refractivity (Wildman–Crippen MR) is 90.2 cm³/mol. The van der Waals surface area contributed by atoms with Gasteiger partial charge in [0.05, 0.1) is 10.6 Å². The van der Waals surface area contributed by atoms with Crippen LogP contribution in [0.3, 0.4) is 0 Å². The topological polar surface area (TPSA) is 75.7 Å². The Kier molecular flexibility index (Phi) is 6.87. The van der Waals surface area contributed by atoms with Gasteiger partial charge < -0.3 is 15.0 Å². The summed E-state index contributed by atoms with van der Waals surface area (Å²) in [6.07, 6.45) is 3.05. The Morgan fingerprint density at radius 3 is 2.50 bits per heavy atom. The first-order valence-corrected chi connectivity index (χ1v) is 8.39. The minimum absolute atomic E-state index is 0.189. The Morgan fingerprint density at radius 2 is 1.83 bits per heavy atom. The molecule has 1 aliphatic rings. The van der Waals surface area contributed by atoms with Crippen LogP contribution in [0.1, 0.15) is 29.6 Å². The molecule has 0 radical (unpaired) electrons. The second-order valence-electron chi connectivity index (χ2n) is 5.41. The molecule has 8 heteroatoms. The highest BCUT2D eigenvalue weighted by Crippen LogP contribution is 2.20. The summed E-state index contributed by atoms with van der Waals surface area (Å²) in [5, 5.41) is 2.99. The van der Waals surface area contributed by atoms with Crippen LogP contribution in [0.5, 0.6) is 0 Å². The van der Waals surface area contributed by atoms with E-state index in [2.05, 4.69) is 5.32 Å². The molecule has 1 aromatic rings. The van der Waals surface area contributed by atoms with Crippen molar-refractivity contribution in [2.24, 2.45) is 0 Å². The third-order valence-corrected chi connectivity index (χ3v) is 4.18. The van der Waals surface area contributed by atoms with Crippen molar-refractivity contribution in [3.63, 3.8) is 0 Å². The van der Waals surface area contributed by atoms with E-state index in [1.807, 2.05) is 0 Å². The number of benzene rings is 1. The fourth-order valence-corrected chi connectivity index (χ4v) is 2.84. The Morgan fingerprint density at radius 1 is 1.12 bits per heavy atom. The summed E-state index contributed by atoms with van der Waals surface area (Å²) in [7, 11) is 0. The van der Waals surface area contributed by atoms with Crippen molar-refractivity contribution in [1.29, 1.82) is 0 Å². The van der Waals surface area contributed by atoms with E-state index in [9.17, 15) is 14.4 Å². The van der Waals surface area contributed by atoms with Gasteiger partial charge in [-0.2, -0.15) is 0 Å². The highest BCUT2D eigenvalue weighted by molar-refractivity contribution is 6.36. The number of nitrogens with zero attached hydrogens (tertiary/aromatic N) is 1. The number of rotatable bonds is 5. The zero-order valence-corrected chi connectivity index (χ0v) is 14.5. The molecule has 1 heterocycles. The van der Waals surface area contributed by atoms with E-state index in [0.29, 0.717) is 18.1 Å². The quantitative estimate of drug-likeness (QED) is 0.804. The Hall–Kier alpha value is -1.79. The van der Waals surface area contributed by atoms with E-state index in [-0.39, 0.29) is 29.6 Å². The highest BCUT2D eigenvalue weighted by atomic mass is 35.5. The highest BCUT2D eigenvalue weighted by Gasteiger charge is 2.18. The molecule has 6 nitrogen and oxygen atoms in total. The molecule has 1 saturated heterocycles. The summed E-state index contributed by atoms with van der Waals surface area (Å²) >= 11 is 11.7. The van der Waals surface area contributed by atoms with Crippen molar-refractivity contribution >= 4 is 41.0 Å². The first-order chi connectivity index (χ1) is 11.5. The summed E-state index contributed by atoms with van der Waals surface area (Å²) < 4.78 is 4.89. The third kappa shape index (κ3) is 5.39. The normalized spacial score (nSPS) is 14.2. The van der Waals surface area contributed by atoms with Crippen molar-refractivity contribution in [3.05, 3.63) is 33.8 Å². The lowest BCUT2D eigenvalue weighted by molar-refractivity contribution is -0.151. The Bertz CT molecular complexity index is 631. The molecule has 0 unspecified atom stereocenters. The van der Waals surface area contributed by atoms with Gasteiger partial charge in [-0.1, -0.05) is 23.2 Å². The first kappa shape index (κ1) is 18.5. The van der Waals surface area contributed by atoms with E-state index < -0.39 is 11.9 Å². The number of carbonyl (C=O) groups excluding carboxylic acids is 3. The molecule has 0 spiro atoms. The van der Waals surface area contributed by atoms with Gasteiger partial charge in [-0.3, -0.25) is 14.4 Å². The summed E-state index contributed by atoms with van der Waals surface area (Å²) in [5.74, 6) is -1.41. The van der Waals surface area contributed by atoms with Crippen LogP contribution in [0.15, 0.2) is 18.2 Å². The molecule has 0 bridgehead atoms. The molecule has 0 aromatic heterocycles. The lowest BCUT2D eigenvalue weighted by Gasteiger charge is -2.26. The van der Waals surface area contributed by atoms with Gasteiger partial charge in [-0.15, -0.1) is 0 Å². The SMILES string of the molecule is O=C(CNC(=O)c1ccc(Cl)cc1Cl)OCC(=O)N1CCCCC1. The van der Waals surface area contributed by atoms with E-state index in [4.69, 9.17) is 27.9 Å². The minimum atomic E-state index is -0.682. The molecule has 1 N–H and O–H groups in total. The second-order valence-corrected chi connectivity index (χ2v) is 6.25. The summed E-state index contributed by atoms with van der Waals surface area (Å²) in [4.78, 5) is 37.1. The first-order valence-electron chi connectivity index (χ1n) is 7.64. The molecule has 24 heavy (non-hydrogen) atoms. The van der Waals surface area contributed by atoms with E-state index >= 15 is 0 Å². The Balaban J connectivity index is 1.74. The number of carbonyl (C=O) groups is 3. The van der Waals surface area contributed by atoms with Crippen molar-refractivity contribution in [2.45, 2.75) is 19.3 Å². The van der Waals surface area contributed by atoms with Gasteiger partial charge in [0.25, 0.3) is 11.8 Å². The fraction of sp³-hybridized carbons (Fsp3) is 0.438. The summed E-state index contributed by atoms with van der Waals surface area (Å²) in [6, 6.07) is 4.43. The third-order valence-electron chi connectivity index (χ3n) is 3.63. The molecule has 1 aliphatic heterocycles. The molecule has 0 aliphatic carbocycles. The number of halogens is 2. The number of amides is 2.